The molecule has 0 atom stereocenters. The molecular weight excluding hydrogens is 252 g/mol. The van der Waals surface area contributed by atoms with Gasteiger partial charge in [-0.25, -0.2) is 0 Å². The zero-order valence-electron chi connectivity index (χ0n) is 10.4. The summed E-state index contributed by atoms with van der Waals surface area (Å²) in [6, 6.07) is 7.44. The number of esters is 1. The summed E-state index contributed by atoms with van der Waals surface area (Å²) in [4.78, 5) is 22.6. The summed E-state index contributed by atoms with van der Waals surface area (Å²) in [6.45, 7) is 2.11. The van der Waals surface area contributed by atoms with Crippen molar-refractivity contribution in [2.45, 2.75) is 32.6 Å². The monoisotopic (exact) mass is 268 g/mol. The van der Waals surface area contributed by atoms with Crippen LogP contribution in [-0.4, -0.2) is 18.4 Å². The number of carbonyl (C=O) groups is 2. The first-order valence-corrected chi connectivity index (χ1v) is 6.41. The Labute approximate surface area is 112 Å². The van der Waals surface area contributed by atoms with E-state index in [0.717, 1.165) is 5.56 Å². The fourth-order valence-electron chi connectivity index (χ4n) is 1.58. The van der Waals surface area contributed by atoms with E-state index in [2.05, 4.69) is 0 Å². The molecule has 0 saturated heterocycles. The predicted molar refractivity (Wildman–Crippen MR) is 70.6 cm³/mol. The molecule has 0 unspecified atom stereocenters. The molecular formula is C14H17ClO3. The van der Waals surface area contributed by atoms with Gasteiger partial charge < -0.3 is 4.74 Å². The highest BCUT2D eigenvalue weighted by atomic mass is 35.5. The average molecular weight is 269 g/mol. The molecule has 98 valence electrons. The average Bonchev–Trinajstić information content (AvgIpc) is 2.34. The second-order valence-electron chi connectivity index (χ2n) is 3.97. The number of hydrogen-bond donors (Lipinski definition) is 0. The van der Waals surface area contributed by atoms with E-state index in [1.807, 2.05) is 18.2 Å². The smallest absolute Gasteiger partial charge is 0.306 e. The molecule has 0 radical (unpaired) electrons. The lowest BCUT2D eigenvalue weighted by Crippen LogP contribution is -2.08. The standard InChI is InChI=1S/C14H17ClO3/c1-2-18-14(17)9-8-13(16)7-6-11-4-3-5-12(15)10-11/h3-5,10H,2,6-9H2,1H3. The SMILES string of the molecule is CCOC(=O)CCC(=O)CCc1cccc(Cl)c1. The number of Topliss-reactive ketones (excluding diaryl/α,β-unsaturated/α-hetero) is 1. The Morgan fingerprint density at radius 1 is 1.22 bits per heavy atom. The third-order valence-electron chi connectivity index (χ3n) is 2.49. The molecule has 1 aromatic carbocycles. The molecule has 0 aliphatic heterocycles. The van der Waals surface area contributed by atoms with Gasteiger partial charge in [-0.1, -0.05) is 23.7 Å². The van der Waals surface area contributed by atoms with Crippen LogP contribution >= 0.6 is 11.6 Å². The van der Waals surface area contributed by atoms with Crippen molar-refractivity contribution in [3.05, 3.63) is 34.9 Å². The first-order chi connectivity index (χ1) is 8.61. The maximum Gasteiger partial charge on any atom is 0.306 e. The van der Waals surface area contributed by atoms with Crippen LogP contribution in [0.5, 0.6) is 0 Å². The molecule has 0 heterocycles. The summed E-state index contributed by atoms with van der Waals surface area (Å²) < 4.78 is 4.76. The molecule has 3 nitrogen and oxygen atoms in total. The van der Waals surface area contributed by atoms with Gasteiger partial charge in [-0.05, 0) is 31.0 Å². The molecule has 1 aromatic rings. The molecule has 0 aromatic heterocycles. The number of benzene rings is 1. The fourth-order valence-corrected chi connectivity index (χ4v) is 1.79. The Bertz CT molecular complexity index is 415. The third-order valence-corrected chi connectivity index (χ3v) is 2.73. The van der Waals surface area contributed by atoms with Gasteiger partial charge in [0.25, 0.3) is 0 Å². The number of rotatable bonds is 7. The lowest BCUT2D eigenvalue weighted by molar-refractivity contribution is -0.144. The van der Waals surface area contributed by atoms with Crippen molar-refractivity contribution in [1.29, 1.82) is 0 Å². The van der Waals surface area contributed by atoms with E-state index in [-0.39, 0.29) is 24.6 Å². The number of hydrogen-bond acceptors (Lipinski definition) is 3. The van der Waals surface area contributed by atoms with Crippen molar-refractivity contribution in [2.75, 3.05) is 6.61 Å². The first kappa shape index (κ1) is 14.7. The number of ketones is 1. The van der Waals surface area contributed by atoms with Crippen LogP contribution in [-0.2, 0) is 20.7 Å². The highest BCUT2D eigenvalue weighted by Gasteiger charge is 2.07. The van der Waals surface area contributed by atoms with E-state index >= 15 is 0 Å². The molecule has 0 saturated carbocycles. The van der Waals surface area contributed by atoms with Crippen LogP contribution in [0.2, 0.25) is 5.02 Å². The maximum absolute atomic E-state index is 11.6. The van der Waals surface area contributed by atoms with Gasteiger partial charge in [-0.3, -0.25) is 9.59 Å². The van der Waals surface area contributed by atoms with E-state index in [1.165, 1.54) is 0 Å². The summed E-state index contributed by atoms with van der Waals surface area (Å²) in [7, 11) is 0. The van der Waals surface area contributed by atoms with E-state index < -0.39 is 0 Å². The highest BCUT2D eigenvalue weighted by Crippen LogP contribution is 2.12. The second-order valence-corrected chi connectivity index (χ2v) is 4.41. The molecule has 0 spiro atoms. The van der Waals surface area contributed by atoms with E-state index in [9.17, 15) is 9.59 Å². The lowest BCUT2D eigenvalue weighted by atomic mass is 10.1. The highest BCUT2D eigenvalue weighted by molar-refractivity contribution is 6.30. The van der Waals surface area contributed by atoms with Crippen molar-refractivity contribution in [3.63, 3.8) is 0 Å². The van der Waals surface area contributed by atoms with Crippen molar-refractivity contribution >= 4 is 23.4 Å². The maximum atomic E-state index is 11.6. The Hall–Kier alpha value is -1.35. The number of carbonyl (C=O) groups excluding carboxylic acids is 2. The normalized spacial score (nSPS) is 10.1. The van der Waals surface area contributed by atoms with Gasteiger partial charge in [0.1, 0.15) is 5.78 Å². The zero-order chi connectivity index (χ0) is 13.4. The molecule has 0 aliphatic rings. The van der Waals surface area contributed by atoms with Crippen LogP contribution in [0.4, 0.5) is 0 Å². The minimum absolute atomic E-state index is 0.0722. The van der Waals surface area contributed by atoms with Crippen LogP contribution in [0, 0.1) is 0 Å². The van der Waals surface area contributed by atoms with E-state index in [1.54, 1.807) is 13.0 Å². The van der Waals surface area contributed by atoms with Gasteiger partial charge in [0.05, 0.1) is 13.0 Å². The second kappa shape index (κ2) is 7.88. The quantitative estimate of drug-likeness (QED) is 0.714. The molecule has 4 heteroatoms. The molecule has 0 fully saturated rings. The van der Waals surface area contributed by atoms with E-state index in [4.69, 9.17) is 16.3 Å². The zero-order valence-corrected chi connectivity index (χ0v) is 11.2. The number of ether oxygens (including phenoxy) is 1. The topological polar surface area (TPSA) is 43.4 Å². The van der Waals surface area contributed by atoms with Crippen LogP contribution in [0.1, 0.15) is 31.7 Å². The van der Waals surface area contributed by atoms with Crippen LogP contribution in [0.3, 0.4) is 0 Å². The molecule has 18 heavy (non-hydrogen) atoms. The van der Waals surface area contributed by atoms with Crippen molar-refractivity contribution < 1.29 is 14.3 Å². The number of aryl methyl sites for hydroxylation is 1. The minimum Gasteiger partial charge on any atom is -0.466 e. The van der Waals surface area contributed by atoms with Crippen molar-refractivity contribution in [3.8, 4) is 0 Å². The van der Waals surface area contributed by atoms with Gasteiger partial charge in [0.2, 0.25) is 0 Å². The van der Waals surface area contributed by atoms with Crippen molar-refractivity contribution in [1.82, 2.24) is 0 Å². The Morgan fingerprint density at radius 2 is 2.00 bits per heavy atom. The van der Waals surface area contributed by atoms with E-state index in [0.29, 0.717) is 24.5 Å². The Kier molecular flexibility index (Phi) is 6.44. The van der Waals surface area contributed by atoms with Gasteiger partial charge in [-0.2, -0.15) is 0 Å². The molecule has 1 rings (SSSR count). The fraction of sp³-hybridized carbons (Fsp3) is 0.429. The number of halogens is 1. The molecule has 0 amide bonds. The van der Waals surface area contributed by atoms with Crippen molar-refractivity contribution in [2.24, 2.45) is 0 Å². The molecule has 0 aliphatic carbocycles. The minimum atomic E-state index is -0.311. The predicted octanol–water partition coefficient (Wildman–Crippen LogP) is 3.19. The van der Waals surface area contributed by atoms with Crippen LogP contribution in [0.15, 0.2) is 24.3 Å². The summed E-state index contributed by atoms with van der Waals surface area (Å²) >= 11 is 5.85. The molecule has 0 N–H and O–H groups in total. The van der Waals surface area contributed by atoms with Crippen LogP contribution in [0.25, 0.3) is 0 Å². The summed E-state index contributed by atoms with van der Waals surface area (Å²) in [6.07, 6.45) is 1.50. The largest absolute Gasteiger partial charge is 0.466 e. The third kappa shape index (κ3) is 5.82. The van der Waals surface area contributed by atoms with Gasteiger partial charge in [-0.15, -0.1) is 0 Å². The summed E-state index contributed by atoms with van der Waals surface area (Å²) in [5, 5.41) is 0.673. The molecule has 0 bridgehead atoms. The first-order valence-electron chi connectivity index (χ1n) is 6.03. The van der Waals surface area contributed by atoms with Gasteiger partial charge in [0.15, 0.2) is 0 Å². The van der Waals surface area contributed by atoms with Crippen LogP contribution < -0.4 is 0 Å². The lowest BCUT2D eigenvalue weighted by Gasteiger charge is -2.03. The van der Waals surface area contributed by atoms with Gasteiger partial charge in [0, 0.05) is 17.9 Å². The Morgan fingerprint density at radius 3 is 2.67 bits per heavy atom. The summed E-state index contributed by atoms with van der Waals surface area (Å²) in [5.74, 6) is -0.239. The summed E-state index contributed by atoms with van der Waals surface area (Å²) in [5.41, 5.74) is 1.03. The van der Waals surface area contributed by atoms with Gasteiger partial charge >= 0.3 is 5.97 Å². The Balaban J connectivity index is 2.27.